The number of halogens is 1. The molecule has 2 heterocycles. The van der Waals surface area contributed by atoms with Gasteiger partial charge in [0.2, 0.25) is 0 Å². The van der Waals surface area contributed by atoms with Gasteiger partial charge in [-0.15, -0.1) is 0 Å². The highest BCUT2D eigenvalue weighted by Crippen LogP contribution is 2.35. The Morgan fingerprint density at radius 1 is 1.30 bits per heavy atom. The summed E-state index contributed by atoms with van der Waals surface area (Å²) in [6.07, 6.45) is 1.51. The van der Waals surface area contributed by atoms with Crippen LogP contribution in [0.5, 0.6) is 11.5 Å². The van der Waals surface area contributed by atoms with Crippen LogP contribution in [0.2, 0.25) is 5.02 Å². The van der Waals surface area contributed by atoms with Crippen LogP contribution in [0.3, 0.4) is 0 Å². The number of nitrogens with zero attached hydrogens (tertiary/aromatic N) is 2. The van der Waals surface area contributed by atoms with E-state index in [1.165, 1.54) is 6.20 Å². The second kappa shape index (κ2) is 5.34. The summed E-state index contributed by atoms with van der Waals surface area (Å²) >= 11 is 6.06. The monoisotopic (exact) mass is 294 g/mol. The molecule has 0 saturated carbocycles. The second-order valence-electron chi connectivity index (χ2n) is 4.66. The summed E-state index contributed by atoms with van der Waals surface area (Å²) in [6, 6.07) is 5.40. The molecule has 1 aromatic heterocycles. The molecule has 1 unspecified atom stereocenters. The maximum atomic E-state index is 10.5. The molecule has 1 N–H and O–H groups in total. The number of hydrogen-bond donors (Lipinski definition) is 1. The van der Waals surface area contributed by atoms with Crippen molar-refractivity contribution >= 4 is 11.6 Å². The predicted molar refractivity (Wildman–Crippen MR) is 74.3 cm³/mol. The molecule has 0 bridgehead atoms. The zero-order valence-corrected chi connectivity index (χ0v) is 11.8. The molecule has 5 nitrogen and oxygen atoms in total. The normalized spacial score (nSPS) is 15.8. The van der Waals surface area contributed by atoms with Gasteiger partial charge in [0, 0.05) is 13.5 Å². The molecule has 0 spiro atoms. The summed E-state index contributed by atoms with van der Waals surface area (Å²) in [7, 11) is 1.74. The van der Waals surface area contributed by atoms with E-state index in [4.69, 9.17) is 21.1 Å². The van der Waals surface area contributed by atoms with Gasteiger partial charge in [-0.2, -0.15) is 5.10 Å². The lowest BCUT2D eigenvalue weighted by Gasteiger charge is -2.15. The van der Waals surface area contributed by atoms with Crippen LogP contribution in [-0.2, 0) is 7.05 Å². The van der Waals surface area contributed by atoms with Gasteiger partial charge < -0.3 is 14.6 Å². The van der Waals surface area contributed by atoms with Crippen LogP contribution in [0.1, 0.15) is 23.8 Å². The van der Waals surface area contributed by atoms with E-state index in [1.807, 2.05) is 12.1 Å². The third-order valence-electron chi connectivity index (χ3n) is 3.28. The average Bonchev–Trinajstić information content (AvgIpc) is 2.66. The smallest absolute Gasteiger partial charge is 0.161 e. The van der Waals surface area contributed by atoms with E-state index < -0.39 is 6.10 Å². The summed E-state index contributed by atoms with van der Waals surface area (Å²) in [5, 5.41) is 14.9. The molecule has 0 aliphatic carbocycles. The third-order valence-corrected chi connectivity index (χ3v) is 3.58. The van der Waals surface area contributed by atoms with E-state index >= 15 is 0 Å². The number of benzene rings is 1. The number of aliphatic hydroxyl groups is 1. The molecular weight excluding hydrogens is 280 g/mol. The quantitative estimate of drug-likeness (QED) is 0.923. The maximum absolute atomic E-state index is 10.5. The molecule has 106 valence electrons. The molecule has 0 saturated heterocycles. The van der Waals surface area contributed by atoms with Crippen molar-refractivity contribution in [3.05, 3.63) is 40.7 Å². The fraction of sp³-hybridized carbons (Fsp3) is 0.357. The minimum Gasteiger partial charge on any atom is -0.490 e. The fourth-order valence-corrected chi connectivity index (χ4v) is 2.50. The van der Waals surface area contributed by atoms with Gasteiger partial charge >= 0.3 is 0 Å². The van der Waals surface area contributed by atoms with Crippen LogP contribution in [-0.4, -0.2) is 28.1 Å². The topological polar surface area (TPSA) is 56.5 Å². The van der Waals surface area contributed by atoms with Crippen LogP contribution in [0.4, 0.5) is 0 Å². The molecule has 3 rings (SSSR count). The molecule has 6 heteroatoms. The second-order valence-corrected chi connectivity index (χ2v) is 5.07. The van der Waals surface area contributed by atoms with E-state index in [9.17, 15) is 5.11 Å². The Morgan fingerprint density at radius 3 is 2.75 bits per heavy atom. The lowest BCUT2D eigenvalue weighted by Crippen LogP contribution is -2.07. The van der Waals surface area contributed by atoms with Gasteiger partial charge in [0.25, 0.3) is 0 Å². The molecule has 1 aromatic carbocycles. The molecule has 20 heavy (non-hydrogen) atoms. The summed E-state index contributed by atoms with van der Waals surface area (Å²) in [5.74, 6) is 1.35. The largest absolute Gasteiger partial charge is 0.490 e. The lowest BCUT2D eigenvalue weighted by molar-refractivity contribution is 0.209. The Kier molecular flexibility index (Phi) is 3.54. The van der Waals surface area contributed by atoms with Crippen LogP contribution in [0.25, 0.3) is 0 Å². The number of aromatic nitrogens is 2. The van der Waals surface area contributed by atoms with Gasteiger partial charge in [-0.3, -0.25) is 4.68 Å². The summed E-state index contributed by atoms with van der Waals surface area (Å²) in [5.41, 5.74) is 1.25. The van der Waals surface area contributed by atoms with Gasteiger partial charge in [-0.05, 0) is 17.7 Å². The molecule has 0 fully saturated rings. The SMILES string of the molecule is Cn1ncc(Cl)c1C(O)c1ccc2c(c1)OCCCO2. The Balaban J connectivity index is 1.96. The van der Waals surface area contributed by atoms with Crippen molar-refractivity contribution in [1.29, 1.82) is 0 Å². The van der Waals surface area contributed by atoms with Crippen molar-refractivity contribution in [2.45, 2.75) is 12.5 Å². The van der Waals surface area contributed by atoms with E-state index in [0.717, 1.165) is 6.42 Å². The number of fused-ring (bicyclic) bond motifs is 1. The van der Waals surface area contributed by atoms with Gasteiger partial charge in [-0.25, -0.2) is 0 Å². The molecular formula is C14H15ClN2O3. The number of hydrogen-bond acceptors (Lipinski definition) is 4. The number of rotatable bonds is 2. The first kappa shape index (κ1) is 13.3. The highest BCUT2D eigenvalue weighted by Gasteiger charge is 2.20. The first-order valence-electron chi connectivity index (χ1n) is 6.42. The average molecular weight is 295 g/mol. The predicted octanol–water partition coefficient (Wildman–Crippen LogP) is 2.32. The standard InChI is InChI=1S/C14H15ClN2O3/c1-17-13(10(15)8-16-17)14(18)9-3-4-11-12(7-9)20-6-2-5-19-11/h3-4,7-8,14,18H,2,5-6H2,1H3. The molecule has 1 aliphatic heterocycles. The summed E-state index contributed by atoms with van der Waals surface area (Å²) in [4.78, 5) is 0. The maximum Gasteiger partial charge on any atom is 0.161 e. The van der Waals surface area contributed by atoms with Crippen LogP contribution >= 0.6 is 11.6 Å². The molecule has 2 aromatic rings. The Hall–Kier alpha value is -1.72. The summed E-state index contributed by atoms with van der Waals surface area (Å²) < 4.78 is 12.8. The highest BCUT2D eigenvalue weighted by molar-refractivity contribution is 6.31. The van der Waals surface area contributed by atoms with Crippen LogP contribution in [0, 0.1) is 0 Å². The van der Waals surface area contributed by atoms with Crippen molar-refractivity contribution in [2.24, 2.45) is 7.05 Å². The zero-order valence-electron chi connectivity index (χ0n) is 11.0. The van der Waals surface area contributed by atoms with Crippen molar-refractivity contribution in [2.75, 3.05) is 13.2 Å². The van der Waals surface area contributed by atoms with Crippen molar-refractivity contribution in [3.8, 4) is 11.5 Å². The minimum atomic E-state index is -0.854. The number of aliphatic hydroxyl groups excluding tert-OH is 1. The van der Waals surface area contributed by atoms with Crippen LogP contribution < -0.4 is 9.47 Å². The van der Waals surface area contributed by atoms with E-state index in [2.05, 4.69) is 5.10 Å². The molecule has 0 amide bonds. The minimum absolute atomic E-state index is 0.437. The van der Waals surface area contributed by atoms with Gasteiger partial charge in [-0.1, -0.05) is 17.7 Å². The molecule has 1 aliphatic rings. The van der Waals surface area contributed by atoms with E-state index in [0.29, 0.717) is 41.0 Å². The Bertz CT molecular complexity index is 607. The third kappa shape index (κ3) is 2.34. The van der Waals surface area contributed by atoms with E-state index in [-0.39, 0.29) is 0 Å². The van der Waals surface area contributed by atoms with Gasteiger partial charge in [0.15, 0.2) is 11.5 Å². The summed E-state index contributed by atoms with van der Waals surface area (Å²) in [6.45, 7) is 1.25. The lowest BCUT2D eigenvalue weighted by atomic mass is 10.1. The Morgan fingerprint density at radius 2 is 2.05 bits per heavy atom. The number of aryl methyl sites for hydroxylation is 1. The Labute approximate surface area is 121 Å². The fourth-order valence-electron chi connectivity index (χ4n) is 2.24. The first-order chi connectivity index (χ1) is 9.66. The van der Waals surface area contributed by atoms with E-state index in [1.54, 1.807) is 17.8 Å². The number of ether oxygens (including phenoxy) is 2. The first-order valence-corrected chi connectivity index (χ1v) is 6.79. The van der Waals surface area contributed by atoms with Crippen molar-refractivity contribution < 1.29 is 14.6 Å². The zero-order chi connectivity index (χ0) is 14.1. The molecule has 0 radical (unpaired) electrons. The van der Waals surface area contributed by atoms with Crippen molar-refractivity contribution in [3.63, 3.8) is 0 Å². The van der Waals surface area contributed by atoms with Gasteiger partial charge in [0.05, 0.1) is 30.1 Å². The van der Waals surface area contributed by atoms with Crippen LogP contribution in [0.15, 0.2) is 24.4 Å². The van der Waals surface area contributed by atoms with Gasteiger partial charge in [0.1, 0.15) is 6.10 Å². The highest BCUT2D eigenvalue weighted by atomic mass is 35.5. The molecule has 1 atom stereocenters. The van der Waals surface area contributed by atoms with Crippen molar-refractivity contribution in [1.82, 2.24) is 9.78 Å².